The average molecular weight is 388 g/mol. The van der Waals surface area contributed by atoms with E-state index in [4.69, 9.17) is 12.2 Å². The molecule has 1 aromatic heterocycles. The number of H-pyrrole nitrogens is 1. The molecule has 1 aromatic carbocycles. The molecule has 0 spiro atoms. The molecule has 0 bridgehead atoms. The fraction of sp³-hybridized carbons (Fsp3) is 0.533. The molecule has 4 heteroatoms. The number of aromatic nitrogens is 2. The fourth-order valence-electron chi connectivity index (χ4n) is 2.72. The van der Waals surface area contributed by atoms with Crippen LogP contribution in [0.2, 0.25) is 0 Å². The second-order valence-electron chi connectivity index (χ2n) is 5.85. The normalized spacial score (nSPS) is 12.2. The predicted octanol–water partition coefficient (Wildman–Crippen LogP) is 5.23. The van der Waals surface area contributed by atoms with Crippen LogP contribution in [0.1, 0.15) is 27.7 Å². The number of hydrogen-bond donors (Lipinski definition) is 1. The Kier molecular flexibility index (Phi) is 4.71. The van der Waals surface area contributed by atoms with E-state index in [2.05, 4.69) is 78.0 Å². The molecule has 0 saturated heterocycles. The third-order valence-corrected chi connectivity index (χ3v) is 4.84. The first-order valence-corrected chi connectivity index (χ1v) is 8.27. The van der Waals surface area contributed by atoms with Gasteiger partial charge in [-0.3, -0.25) is 0 Å². The minimum absolute atomic E-state index is 0.643. The quantitative estimate of drug-likeness (QED) is 0.562. The third kappa shape index (κ3) is 3.21. The maximum atomic E-state index is 5.49. The number of aromatic amines is 1. The van der Waals surface area contributed by atoms with Gasteiger partial charge in [-0.2, -0.15) is 0 Å². The molecule has 0 amide bonds. The summed E-state index contributed by atoms with van der Waals surface area (Å²) < 4.78 is 4.33. The van der Waals surface area contributed by atoms with Crippen molar-refractivity contribution >= 4 is 45.8 Å². The van der Waals surface area contributed by atoms with Crippen LogP contribution in [0.15, 0.2) is 18.2 Å². The highest BCUT2D eigenvalue weighted by Gasteiger charge is 2.19. The van der Waals surface area contributed by atoms with Crippen molar-refractivity contribution in [1.82, 2.24) is 9.55 Å². The molecule has 0 atom stereocenters. The van der Waals surface area contributed by atoms with Gasteiger partial charge in [-0.25, -0.2) is 0 Å². The number of halogens is 1. The first-order chi connectivity index (χ1) is 8.90. The minimum Gasteiger partial charge on any atom is -0.331 e. The summed E-state index contributed by atoms with van der Waals surface area (Å²) in [5.74, 6) is 1.97. The number of fused-ring (bicyclic) bond motifs is 1. The zero-order valence-corrected chi connectivity index (χ0v) is 14.9. The van der Waals surface area contributed by atoms with Crippen LogP contribution >= 0.6 is 34.8 Å². The molecule has 1 heterocycles. The van der Waals surface area contributed by atoms with Gasteiger partial charge in [0.05, 0.1) is 11.0 Å². The van der Waals surface area contributed by atoms with E-state index in [1.807, 2.05) is 0 Å². The fourth-order valence-corrected chi connectivity index (χ4v) is 3.49. The summed E-state index contributed by atoms with van der Waals surface area (Å²) in [6.45, 7) is 10.2. The Hall–Kier alpha value is -0.360. The van der Waals surface area contributed by atoms with Gasteiger partial charge >= 0.3 is 0 Å². The zero-order valence-electron chi connectivity index (χ0n) is 11.9. The molecular formula is C15H21IN2S. The van der Waals surface area contributed by atoms with Gasteiger partial charge in [-0.15, -0.1) is 0 Å². The maximum absolute atomic E-state index is 5.49. The van der Waals surface area contributed by atoms with Crippen molar-refractivity contribution in [1.29, 1.82) is 0 Å². The monoisotopic (exact) mass is 388 g/mol. The zero-order chi connectivity index (χ0) is 14.2. The Bertz CT molecular complexity index is 617. The van der Waals surface area contributed by atoms with Crippen molar-refractivity contribution in [3.63, 3.8) is 0 Å². The van der Waals surface area contributed by atoms with E-state index in [-0.39, 0.29) is 0 Å². The van der Waals surface area contributed by atoms with Gasteiger partial charge in [0.15, 0.2) is 4.77 Å². The van der Waals surface area contributed by atoms with Crippen LogP contribution in [0, 0.1) is 26.1 Å². The summed E-state index contributed by atoms with van der Waals surface area (Å²) in [5.41, 5.74) is 2.36. The number of hydrogen-bond acceptors (Lipinski definition) is 1. The lowest BCUT2D eigenvalue weighted by molar-refractivity contribution is 0.253. The largest absolute Gasteiger partial charge is 0.331 e. The van der Waals surface area contributed by atoms with Gasteiger partial charge in [0.25, 0.3) is 0 Å². The van der Waals surface area contributed by atoms with Crippen molar-refractivity contribution in [3.05, 3.63) is 26.5 Å². The second kappa shape index (κ2) is 5.95. The standard InChI is InChI=1S/C15H21IN2S/c1-9(2)12(10(3)4)8-18-14-6-5-11(16)7-13(14)17-15(18)19/h5-7,9-10,12H,8H2,1-4H3,(H,17,19). The highest BCUT2D eigenvalue weighted by molar-refractivity contribution is 14.1. The summed E-state index contributed by atoms with van der Waals surface area (Å²) in [6, 6.07) is 6.46. The molecule has 0 aliphatic heterocycles. The molecule has 0 unspecified atom stereocenters. The molecule has 2 nitrogen and oxygen atoms in total. The number of imidazole rings is 1. The molecule has 0 aliphatic carbocycles. The topological polar surface area (TPSA) is 20.7 Å². The van der Waals surface area contributed by atoms with Crippen LogP contribution in [-0.4, -0.2) is 9.55 Å². The van der Waals surface area contributed by atoms with Crippen molar-refractivity contribution < 1.29 is 0 Å². The molecule has 19 heavy (non-hydrogen) atoms. The lowest BCUT2D eigenvalue weighted by Crippen LogP contribution is -2.21. The Morgan fingerprint density at radius 1 is 1.21 bits per heavy atom. The molecule has 2 rings (SSSR count). The smallest absolute Gasteiger partial charge is 0.178 e. The average Bonchev–Trinajstić information content (AvgIpc) is 2.60. The SMILES string of the molecule is CC(C)C(Cn1c(=S)[nH]c2cc(I)ccc21)C(C)C. The lowest BCUT2D eigenvalue weighted by Gasteiger charge is -2.25. The molecule has 0 saturated carbocycles. The van der Waals surface area contributed by atoms with Crippen molar-refractivity contribution in [3.8, 4) is 0 Å². The van der Waals surface area contributed by atoms with Crippen molar-refractivity contribution in [2.75, 3.05) is 0 Å². The van der Waals surface area contributed by atoms with Gasteiger partial charge < -0.3 is 9.55 Å². The van der Waals surface area contributed by atoms with Gasteiger partial charge in [-0.1, -0.05) is 27.7 Å². The van der Waals surface area contributed by atoms with Gasteiger partial charge in [-0.05, 0) is 70.8 Å². The van der Waals surface area contributed by atoms with E-state index in [1.165, 1.54) is 9.09 Å². The summed E-state index contributed by atoms with van der Waals surface area (Å²) in [7, 11) is 0. The Morgan fingerprint density at radius 2 is 1.84 bits per heavy atom. The van der Waals surface area contributed by atoms with E-state index in [1.54, 1.807) is 0 Å². The van der Waals surface area contributed by atoms with Crippen molar-refractivity contribution in [2.45, 2.75) is 34.2 Å². The van der Waals surface area contributed by atoms with E-state index >= 15 is 0 Å². The van der Waals surface area contributed by atoms with E-state index in [0.717, 1.165) is 16.8 Å². The highest BCUT2D eigenvalue weighted by atomic mass is 127. The molecule has 0 aliphatic rings. The third-order valence-electron chi connectivity index (χ3n) is 3.84. The van der Waals surface area contributed by atoms with Crippen LogP contribution in [0.3, 0.4) is 0 Å². The molecule has 0 radical (unpaired) electrons. The maximum Gasteiger partial charge on any atom is 0.178 e. The molecule has 104 valence electrons. The number of rotatable bonds is 4. The minimum atomic E-state index is 0.643. The number of nitrogens with one attached hydrogen (secondary N) is 1. The second-order valence-corrected chi connectivity index (χ2v) is 7.49. The summed E-state index contributed by atoms with van der Waals surface area (Å²) >= 11 is 7.82. The van der Waals surface area contributed by atoms with Crippen LogP contribution in [-0.2, 0) is 6.54 Å². The summed E-state index contributed by atoms with van der Waals surface area (Å²) in [4.78, 5) is 3.32. The molecule has 1 N–H and O–H groups in total. The Morgan fingerprint density at radius 3 is 2.42 bits per heavy atom. The van der Waals surface area contributed by atoms with E-state index < -0.39 is 0 Å². The Balaban J connectivity index is 2.45. The van der Waals surface area contributed by atoms with Crippen LogP contribution in [0.4, 0.5) is 0 Å². The van der Waals surface area contributed by atoms with E-state index in [0.29, 0.717) is 17.8 Å². The first kappa shape index (κ1) is 15.0. The molecule has 0 fully saturated rings. The molecular weight excluding hydrogens is 367 g/mol. The summed E-state index contributed by atoms with van der Waals surface area (Å²) in [6.07, 6.45) is 0. The van der Waals surface area contributed by atoms with Crippen molar-refractivity contribution in [2.24, 2.45) is 17.8 Å². The predicted molar refractivity (Wildman–Crippen MR) is 93.0 cm³/mol. The van der Waals surface area contributed by atoms with Gasteiger partial charge in [0.2, 0.25) is 0 Å². The van der Waals surface area contributed by atoms with Crippen LogP contribution in [0.5, 0.6) is 0 Å². The van der Waals surface area contributed by atoms with E-state index in [9.17, 15) is 0 Å². The molecule has 2 aromatic rings. The Labute approximate surface area is 133 Å². The van der Waals surface area contributed by atoms with Gasteiger partial charge in [0.1, 0.15) is 0 Å². The van der Waals surface area contributed by atoms with Gasteiger partial charge in [0, 0.05) is 10.1 Å². The van der Waals surface area contributed by atoms with Crippen LogP contribution in [0.25, 0.3) is 11.0 Å². The number of benzene rings is 1. The van der Waals surface area contributed by atoms with Crippen LogP contribution < -0.4 is 0 Å². The summed E-state index contributed by atoms with van der Waals surface area (Å²) in [5, 5.41) is 0. The highest BCUT2D eigenvalue weighted by Crippen LogP contribution is 2.25. The first-order valence-electron chi connectivity index (χ1n) is 6.78. The lowest BCUT2D eigenvalue weighted by atomic mass is 9.85. The number of nitrogens with zero attached hydrogens (tertiary/aromatic N) is 1.